The number of hydrogen-bond donors (Lipinski definition) is 2. The van der Waals surface area contributed by atoms with E-state index in [1.54, 1.807) is 30.3 Å². The molecule has 2 aromatic carbocycles. The van der Waals surface area contributed by atoms with Gasteiger partial charge in [-0.3, -0.25) is 0 Å². The minimum atomic E-state index is -1.13. The number of carbonyl (C=O) groups is 2. The number of cyclic esters (lactones) is 1. The van der Waals surface area contributed by atoms with Crippen LogP contribution in [0.3, 0.4) is 0 Å². The first-order valence-electron chi connectivity index (χ1n) is 6.15. The van der Waals surface area contributed by atoms with Crippen molar-refractivity contribution in [2.75, 3.05) is 5.32 Å². The molecular formula is C15H10ClNO4. The summed E-state index contributed by atoms with van der Waals surface area (Å²) in [5.41, 5.74) is 1.35. The van der Waals surface area contributed by atoms with E-state index >= 15 is 0 Å². The number of halogens is 1. The number of rotatable bonds is 2. The zero-order chi connectivity index (χ0) is 15.0. The lowest BCUT2D eigenvalue weighted by Crippen LogP contribution is -2.27. The Balaban J connectivity index is 2.04. The maximum Gasteiger partial charge on any atom is 0.342 e. The Morgan fingerprint density at radius 2 is 2.00 bits per heavy atom. The number of benzene rings is 2. The molecule has 6 heteroatoms. The lowest BCUT2D eigenvalue weighted by atomic mass is 10.0. The lowest BCUT2D eigenvalue weighted by Gasteiger charge is -2.27. The molecule has 1 aliphatic rings. The first kappa shape index (κ1) is 13.5. The number of carbonyl (C=O) groups excluding carboxylic acids is 1. The average molecular weight is 304 g/mol. The number of para-hydroxylation sites is 1. The molecule has 0 spiro atoms. The average Bonchev–Trinajstić information content (AvgIpc) is 2.47. The third-order valence-corrected chi connectivity index (χ3v) is 3.42. The summed E-state index contributed by atoms with van der Waals surface area (Å²) < 4.78 is 5.27. The quantitative estimate of drug-likeness (QED) is 0.832. The number of ether oxygens (including phenoxy) is 1. The molecule has 0 saturated heterocycles. The summed E-state index contributed by atoms with van der Waals surface area (Å²) in [5, 5.41) is 12.6. The van der Waals surface area contributed by atoms with Crippen LogP contribution in [0.1, 0.15) is 32.5 Å². The van der Waals surface area contributed by atoms with Crippen molar-refractivity contribution in [3.63, 3.8) is 0 Å². The molecule has 0 fully saturated rings. The lowest BCUT2D eigenvalue weighted by molar-refractivity contribution is 0.0324. The van der Waals surface area contributed by atoms with E-state index in [1.165, 1.54) is 12.1 Å². The molecule has 1 heterocycles. The molecule has 1 atom stereocenters. The van der Waals surface area contributed by atoms with Crippen molar-refractivity contribution in [3.8, 4) is 0 Å². The third-order valence-electron chi connectivity index (χ3n) is 3.19. The van der Waals surface area contributed by atoms with Gasteiger partial charge < -0.3 is 15.2 Å². The van der Waals surface area contributed by atoms with Gasteiger partial charge in [-0.2, -0.15) is 0 Å². The smallest absolute Gasteiger partial charge is 0.342 e. The predicted molar refractivity (Wildman–Crippen MR) is 76.6 cm³/mol. The van der Waals surface area contributed by atoms with E-state index in [9.17, 15) is 14.7 Å². The fourth-order valence-electron chi connectivity index (χ4n) is 2.21. The van der Waals surface area contributed by atoms with Gasteiger partial charge in [0.15, 0.2) is 0 Å². The molecule has 0 bridgehead atoms. The van der Waals surface area contributed by atoms with Crippen molar-refractivity contribution in [2.45, 2.75) is 6.23 Å². The zero-order valence-corrected chi connectivity index (χ0v) is 11.4. The largest absolute Gasteiger partial charge is 0.478 e. The highest BCUT2D eigenvalue weighted by Gasteiger charge is 2.29. The number of carboxylic acids is 1. The predicted octanol–water partition coefficient (Wildman–Crippen LogP) is 3.32. The normalized spacial score (nSPS) is 16.6. The zero-order valence-electron chi connectivity index (χ0n) is 10.7. The minimum absolute atomic E-state index is 0.00724. The Bertz CT molecular complexity index is 744. The van der Waals surface area contributed by atoms with Gasteiger partial charge in [0, 0.05) is 10.6 Å². The molecule has 3 rings (SSSR count). The summed E-state index contributed by atoms with van der Waals surface area (Å²) in [6.07, 6.45) is -0.865. The Morgan fingerprint density at radius 1 is 1.24 bits per heavy atom. The van der Waals surface area contributed by atoms with Crippen LogP contribution in [-0.2, 0) is 4.74 Å². The molecule has 1 unspecified atom stereocenters. The van der Waals surface area contributed by atoms with E-state index in [0.717, 1.165) is 0 Å². The van der Waals surface area contributed by atoms with Gasteiger partial charge in [-0.1, -0.05) is 29.8 Å². The van der Waals surface area contributed by atoms with Crippen molar-refractivity contribution in [3.05, 3.63) is 64.2 Å². The van der Waals surface area contributed by atoms with Gasteiger partial charge in [0.25, 0.3) is 0 Å². The molecule has 5 nitrogen and oxygen atoms in total. The van der Waals surface area contributed by atoms with Crippen LogP contribution < -0.4 is 5.32 Å². The minimum Gasteiger partial charge on any atom is -0.478 e. The summed E-state index contributed by atoms with van der Waals surface area (Å²) in [6, 6.07) is 11.3. The van der Waals surface area contributed by atoms with Crippen LogP contribution in [0.25, 0.3) is 0 Å². The molecule has 1 aliphatic heterocycles. The van der Waals surface area contributed by atoms with Gasteiger partial charge in [0.2, 0.25) is 6.23 Å². The molecule has 0 amide bonds. The van der Waals surface area contributed by atoms with E-state index in [0.29, 0.717) is 21.8 Å². The Labute approximate surface area is 125 Å². The molecular weight excluding hydrogens is 294 g/mol. The molecule has 0 aromatic heterocycles. The number of fused-ring (bicyclic) bond motifs is 1. The summed E-state index contributed by atoms with van der Waals surface area (Å²) in [7, 11) is 0. The van der Waals surface area contributed by atoms with Crippen molar-refractivity contribution in [1.82, 2.24) is 0 Å². The standard InChI is InChI=1S/C15H10ClNO4/c16-8-5-6-9(11(7-8)14(18)19)13-17-12-4-2-1-3-10(12)15(20)21-13/h1-7,13,17H,(H,18,19). The van der Waals surface area contributed by atoms with Crippen molar-refractivity contribution >= 4 is 29.2 Å². The number of nitrogens with one attached hydrogen (secondary N) is 1. The highest BCUT2D eigenvalue weighted by atomic mass is 35.5. The second-order valence-electron chi connectivity index (χ2n) is 4.51. The van der Waals surface area contributed by atoms with Crippen LogP contribution in [0.2, 0.25) is 5.02 Å². The highest BCUT2D eigenvalue weighted by molar-refractivity contribution is 6.31. The first-order valence-corrected chi connectivity index (χ1v) is 6.53. The molecule has 2 aromatic rings. The number of hydrogen-bond acceptors (Lipinski definition) is 4. The highest BCUT2D eigenvalue weighted by Crippen LogP contribution is 2.32. The summed E-state index contributed by atoms with van der Waals surface area (Å²) in [6.45, 7) is 0. The van der Waals surface area contributed by atoms with E-state index in [-0.39, 0.29) is 5.56 Å². The summed E-state index contributed by atoms with van der Waals surface area (Å²) in [4.78, 5) is 23.3. The molecule has 0 radical (unpaired) electrons. The van der Waals surface area contributed by atoms with E-state index in [2.05, 4.69) is 5.32 Å². The summed E-state index contributed by atoms with van der Waals surface area (Å²) in [5.74, 6) is -1.63. The van der Waals surface area contributed by atoms with Crippen LogP contribution >= 0.6 is 11.6 Å². The van der Waals surface area contributed by atoms with Gasteiger partial charge >= 0.3 is 11.9 Å². The Kier molecular flexibility index (Phi) is 3.27. The van der Waals surface area contributed by atoms with E-state index in [4.69, 9.17) is 16.3 Å². The molecule has 21 heavy (non-hydrogen) atoms. The molecule has 2 N–H and O–H groups in total. The second kappa shape index (κ2) is 5.10. The van der Waals surface area contributed by atoms with E-state index < -0.39 is 18.2 Å². The fourth-order valence-corrected chi connectivity index (χ4v) is 2.38. The number of esters is 1. The maximum absolute atomic E-state index is 12.0. The monoisotopic (exact) mass is 303 g/mol. The van der Waals surface area contributed by atoms with Crippen molar-refractivity contribution < 1.29 is 19.4 Å². The van der Waals surface area contributed by atoms with Crippen LogP contribution in [0.4, 0.5) is 5.69 Å². The molecule has 106 valence electrons. The Morgan fingerprint density at radius 3 is 2.76 bits per heavy atom. The van der Waals surface area contributed by atoms with Crippen molar-refractivity contribution in [1.29, 1.82) is 0 Å². The van der Waals surface area contributed by atoms with Gasteiger partial charge in [0.1, 0.15) is 0 Å². The summed E-state index contributed by atoms with van der Waals surface area (Å²) >= 11 is 5.82. The fraction of sp³-hybridized carbons (Fsp3) is 0.0667. The number of anilines is 1. The first-order chi connectivity index (χ1) is 10.1. The Hall–Kier alpha value is -2.53. The number of carboxylic acid groups (broad SMARTS) is 1. The van der Waals surface area contributed by atoms with Gasteiger partial charge in [-0.25, -0.2) is 9.59 Å². The molecule has 0 saturated carbocycles. The SMILES string of the molecule is O=C1OC(c2ccc(Cl)cc2C(=O)O)Nc2ccccc21. The second-order valence-corrected chi connectivity index (χ2v) is 4.95. The van der Waals surface area contributed by atoms with Crippen molar-refractivity contribution in [2.24, 2.45) is 0 Å². The van der Waals surface area contributed by atoms with Gasteiger partial charge in [-0.15, -0.1) is 0 Å². The van der Waals surface area contributed by atoms with Gasteiger partial charge in [-0.05, 0) is 24.3 Å². The maximum atomic E-state index is 12.0. The third kappa shape index (κ3) is 2.43. The molecule has 0 aliphatic carbocycles. The van der Waals surface area contributed by atoms with Crippen LogP contribution in [0.15, 0.2) is 42.5 Å². The number of aromatic carboxylic acids is 1. The van der Waals surface area contributed by atoms with Crippen LogP contribution in [-0.4, -0.2) is 17.0 Å². The van der Waals surface area contributed by atoms with Gasteiger partial charge in [0.05, 0.1) is 16.8 Å². The van der Waals surface area contributed by atoms with Crippen LogP contribution in [0, 0.1) is 0 Å². The van der Waals surface area contributed by atoms with E-state index in [1.807, 2.05) is 0 Å². The topological polar surface area (TPSA) is 75.6 Å². The van der Waals surface area contributed by atoms with Crippen LogP contribution in [0.5, 0.6) is 0 Å².